The van der Waals surface area contributed by atoms with Gasteiger partial charge in [0.05, 0.1) is 12.0 Å². The van der Waals surface area contributed by atoms with Gasteiger partial charge in [-0.1, -0.05) is 18.2 Å². The van der Waals surface area contributed by atoms with Crippen LogP contribution in [0.5, 0.6) is 0 Å². The van der Waals surface area contributed by atoms with Crippen molar-refractivity contribution < 1.29 is 14.3 Å². The summed E-state index contributed by atoms with van der Waals surface area (Å²) in [6, 6.07) is 17.0. The van der Waals surface area contributed by atoms with Crippen LogP contribution in [0.3, 0.4) is 0 Å². The number of carbonyl (C=O) groups excluding carboxylic acids is 2. The van der Waals surface area contributed by atoms with Crippen LogP contribution in [-0.4, -0.2) is 32.9 Å². The molecule has 0 saturated carbocycles. The number of carbonyl (C=O) groups is 2. The minimum atomic E-state index is -0.583. The molecule has 4 aromatic rings. The number of Topliss-reactive ketones (excluding diaryl/α,β-unsaturated/α-hetero) is 1. The molecule has 0 fully saturated rings. The van der Waals surface area contributed by atoms with Crippen molar-refractivity contribution in [3.05, 3.63) is 77.2 Å². The maximum Gasteiger partial charge on any atom is 0.376 e. The van der Waals surface area contributed by atoms with E-state index in [0.29, 0.717) is 17.0 Å². The van der Waals surface area contributed by atoms with Crippen molar-refractivity contribution in [2.45, 2.75) is 27.7 Å². The molecule has 162 valence electrons. The average molecular weight is 428 g/mol. The van der Waals surface area contributed by atoms with Gasteiger partial charge in [-0.2, -0.15) is 0 Å². The number of nitrogens with zero attached hydrogens (tertiary/aromatic N) is 3. The lowest BCUT2D eigenvalue weighted by molar-refractivity contribution is 0.0512. The fourth-order valence-electron chi connectivity index (χ4n) is 3.66. The van der Waals surface area contributed by atoms with Crippen LogP contribution >= 0.6 is 0 Å². The Labute approximate surface area is 186 Å². The van der Waals surface area contributed by atoms with Gasteiger partial charge >= 0.3 is 5.97 Å². The molecule has 0 aliphatic rings. The number of para-hydroxylation sites is 1. The Morgan fingerprint density at radius 1 is 1.00 bits per heavy atom. The molecule has 7 heteroatoms. The normalized spacial score (nSPS) is 10.9. The van der Waals surface area contributed by atoms with Crippen LogP contribution in [-0.2, 0) is 4.74 Å². The third-order valence-corrected chi connectivity index (χ3v) is 5.38. The van der Waals surface area contributed by atoms with Crippen molar-refractivity contribution >= 4 is 34.3 Å². The van der Waals surface area contributed by atoms with Crippen LogP contribution in [0.4, 0.5) is 11.5 Å². The Morgan fingerprint density at radius 2 is 1.69 bits per heavy atom. The lowest BCUT2D eigenvalue weighted by atomic mass is 10.1. The van der Waals surface area contributed by atoms with Crippen molar-refractivity contribution in [1.29, 1.82) is 0 Å². The first-order valence-electron chi connectivity index (χ1n) is 10.4. The quantitative estimate of drug-likeness (QED) is 0.337. The van der Waals surface area contributed by atoms with Crippen molar-refractivity contribution in [1.82, 2.24) is 14.5 Å². The molecule has 0 atom stereocenters. The van der Waals surface area contributed by atoms with Crippen LogP contribution in [0.2, 0.25) is 0 Å². The number of nitrogens with one attached hydrogen (secondary N) is 1. The zero-order chi connectivity index (χ0) is 22.8. The highest BCUT2D eigenvalue weighted by Gasteiger charge is 2.22. The molecule has 0 spiro atoms. The van der Waals surface area contributed by atoms with Crippen LogP contribution < -0.4 is 5.32 Å². The summed E-state index contributed by atoms with van der Waals surface area (Å²) in [5.41, 5.74) is 4.92. The lowest BCUT2D eigenvalue weighted by Gasteiger charge is -2.11. The van der Waals surface area contributed by atoms with Gasteiger partial charge < -0.3 is 10.1 Å². The van der Waals surface area contributed by atoms with Crippen LogP contribution in [0.25, 0.3) is 16.7 Å². The van der Waals surface area contributed by atoms with Crippen molar-refractivity contribution in [2.75, 3.05) is 11.9 Å². The first kappa shape index (κ1) is 21.2. The van der Waals surface area contributed by atoms with E-state index in [9.17, 15) is 9.59 Å². The standard InChI is InChI=1S/C25H24N4O3/c1-5-32-25(31)23-27-22(26-19-13-11-18(12-14-19)17(4)30)21-15(2)16(3)29(24(21)28-23)20-9-7-6-8-10-20/h6-14H,5H2,1-4H3,(H,26,27,28). The molecular weight excluding hydrogens is 404 g/mol. The molecule has 4 rings (SSSR count). The zero-order valence-electron chi connectivity index (χ0n) is 18.5. The Morgan fingerprint density at radius 3 is 2.31 bits per heavy atom. The van der Waals surface area contributed by atoms with E-state index in [1.807, 2.05) is 60.9 Å². The molecule has 7 nitrogen and oxygen atoms in total. The summed E-state index contributed by atoms with van der Waals surface area (Å²) >= 11 is 0. The minimum absolute atomic E-state index is 0.00280. The fourth-order valence-corrected chi connectivity index (χ4v) is 3.66. The van der Waals surface area contributed by atoms with E-state index >= 15 is 0 Å². The molecular formula is C25H24N4O3. The summed E-state index contributed by atoms with van der Waals surface area (Å²) in [4.78, 5) is 33.2. The van der Waals surface area contributed by atoms with Gasteiger partial charge in [-0.25, -0.2) is 14.8 Å². The first-order chi connectivity index (χ1) is 15.4. The Kier molecular flexibility index (Phi) is 5.73. The maximum absolute atomic E-state index is 12.5. The number of rotatable bonds is 6. The smallest absolute Gasteiger partial charge is 0.376 e. The topological polar surface area (TPSA) is 86.1 Å². The van der Waals surface area contributed by atoms with E-state index in [1.54, 1.807) is 19.1 Å². The van der Waals surface area contributed by atoms with E-state index in [-0.39, 0.29) is 18.2 Å². The van der Waals surface area contributed by atoms with Gasteiger partial charge in [0.1, 0.15) is 5.82 Å². The van der Waals surface area contributed by atoms with Gasteiger partial charge in [0.2, 0.25) is 5.82 Å². The molecule has 0 aliphatic heterocycles. The summed E-state index contributed by atoms with van der Waals surface area (Å²) < 4.78 is 7.18. The van der Waals surface area contributed by atoms with Crippen LogP contribution in [0.1, 0.15) is 46.1 Å². The first-order valence-corrected chi connectivity index (χ1v) is 10.4. The summed E-state index contributed by atoms with van der Waals surface area (Å²) in [6.45, 7) is 7.52. The Hall–Kier alpha value is -4.00. The van der Waals surface area contributed by atoms with E-state index in [1.165, 1.54) is 6.92 Å². The predicted molar refractivity (Wildman–Crippen MR) is 124 cm³/mol. The van der Waals surface area contributed by atoms with Crippen molar-refractivity contribution in [3.63, 3.8) is 0 Å². The van der Waals surface area contributed by atoms with Gasteiger partial charge in [-0.05, 0) is 69.7 Å². The molecule has 0 aliphatic carbocycles. The molecule has 0 unspecified atom stereocenters. The zero-order valence-corrected chi connectivity index (χ0v) is 18.5. The second-order valence-corrected chi connectivity index (χ2v) is 7.45. The third-order valence-electron chi connectivity index (χ3n) is 5.38. The number of hydrogen-bond acceptors (Lipinski definition) is 6. The van der Waals surface area contributed by atoms with Crippen LogP contribution in [0.15, 0.2) is 54.6 Å². The number of ether oxygens (including phenoxy) is 1. The fraction of sp³-hybridized carbons (Fsp3) is 0.200. The highest BCUT2D eigenvalue weighted by Crippen LogP contribution is 2.33. The molecule has 2 aromatic heterocycles. The van der Waals surface area contributed by atoms with Crippen LogP contribution in [0, 0.1) is 13.8 Å². The SMILES string of the molecule is CCOC(=O)c1nc(Nc2ccc(C(C)=O)cc2)c2c(C)c(C)n(-c3ccccc3)c2n1. The number of anilines is 2. The van der Waals surface area contributed by atoms with Gasteiger partial charge in [0.15, 0.2) is 11.4 Å². The monoisotopic (exact) mass is 428 g/mol. The highest BCUT2D eigenvalue weighted by atomic mass is 16.5. The van der Waals surface area contributed by atoms with Crippen molar-refractivity contribution in [3.8, 4) is 5.69 Å². The molecule has 2 aromatic carbocycles. The Balaban J connectivity index is 1.92. The molecule has 2 heterocycles. The van der Waals surface area contributed by atoms with E-state index in [0.717, 1.165) is 28.0 Å². The number of hydrogen-bond donors (Lipinski definition) is 1. The number of aryl methyl sites for hydroxylation is 1. The Bertz CT molecular complexity index is 1310. The number of benzene rings is 2. The second kappa shape index (κ2) is 8.63. The second-order valence-electron chi connectivity index (χ2n) is 7.45. The van der Waals surface area contributed by atoms with E-state index < -0.39 is 5.97 Å². The number of fused-ring (bicyclic) bond motifs is 1. The minimum Gasteiger partial charge on any atom is -0.460 e. The summed E-state index contributed by atoms with van der Waals surface area (Å²) in [6.07, 6.45) is 0. The van der Waals surface area contributed by atoms with Gasteiger partial charge in [0, 0.05) is 22.6 Å². The highest BCUT2D eigenvalue weighted by molar-refractivity contribution is 5.98. The number of aromatic nitrogens is 3. The van der Waals surface area contributed by atoms with E-state index in [4.69, 9.17) is 4.74 Å². The van der Waals surface area contributed by atoms with E-state index in [2.05, 4.69) is 15.3 Å². The summed E-state index contributed by atoms with van der Waals surface area (Å²) in [7, 11) is 0. The van der Waals surface area contributed by atoms with Crippen molar-refractivity contribution in [2.24, 2.45) is 0 Å². The lowest BCUT2D eigenvalue weighted by Crippen LogP contribution is -2.12. The molecule has 0 radical (unpaired) electrons. The van der Waals surface area contributed by atoms with Gasteiger partial charge in [-0.15, -0.1) is 0 Å². The largest absolute Gasteiger partial charge is 0.460 e. The molecule has 0 amide bonds. The maximum atomic E-state index is 12.5. The molecule has 0 bridgehead atoms. The average Bonchev–Trinajstić information content (AvgIpc) is 3.05. The summed E-state index contributed by atoms with van der Waals surface area (Å²) in [5.74, 6) is -0.0988. The molecule has 0 saturated heterocycles. The third kappa shape index (κ3) is 3.85. The molecule has 1 N–H and O–H groups in total. The number of ketones is 1. The molecule has 32 heavy (non-hydrogen) atoms. The van der Waals surface area contributed by atoms with Gasteiger partial charge in [-0.3, -0.25) is 9.36 Å². The number of esters is 1. The summed E-state index contributed by atoms with van der Waals surface area (Å²) in [5, 5.41) is 4.11. The predicted octanol–water partition coefficient (Wildman–Crippen LogP) is 5.16. The van der Waals surface area contributed by atoms with Gasteiger partial charge in [0.25, 0.3) is 0 Å².